The number of carbonyl (C=O) groups is 2. The van der Waals surface area contributed by atoms with Crippen molar-refractivity contribution in [3.05, 3.63) is 34.8 Å². The molecular weight excluding hydrogens is 344 g/mol. The zero-order valence-corrected chi connectivity index (χ0v) is 17.1. The first-order valence-corrected chi connectivity index (χ1v) is 9.78. The quantitative estimate of drug-likeness (QED) is 0.568. The van der Waals surface area contributed by atoms with Crippen molar-refractivity contribution in [3.63, 3.8) is 0 Å². The number of rotatable bonds is 3. The van der Waals surface area contributed by atoms with Crippen molar-refractivity contribution in [1.29, 1.82) is 0 Å². The second kappa shape index (κ2) is 7.17. The third-order valence-electron chi connectivity index (χ3n) is 6.88. The van der Waals surface area contributed by atoms with Crippen LogP contribution in [-0.2, 0) is 25.5 Å². The minimum Gasteiger partial charge on any atom is -0.469 e. The molecule has 3 rings (SSSR count). The lowest BCUT2D eigenvalue weighted by atomic mass is 9.53. The smallest absolute Gasteiger partial charge is 0.333 e. The first-order valence-electron chi connectivity index (χ1n) is 9.78. The molecule has 148 valence electrons. The fourth-order valence-corrected chi connectivity index (χ4v) is 4.89. The summed E-state index contributed by atoms with van der Waals surface area (Å²) in [5.74, 6) is 0.721. The van der Waals surface area contributed by atoms with E-state index in [0.717, 1.165) is 36.1 Å². The number of hydrogen-bond donors (Lipinski definition) is 0. The maximum atomic E-state index is 12.3. The molecule has 0 bridgehead atoms. The van der Waals surface area contributed by atoms with Crippen LogP contribution in [0.2, 0.25) is 0 Å². The van der Waals surface area contributed by atoms with Crippen LogP contribution in [0, 0.1) is 24.2 Å². The van der Waals surface area contributed by atoms with E-state index >= 15 is 0 Å². The molecule has 1 fully saturated rings. The molecule has 5 heteroatoms. The highest BCUT2D eigenvalue weighted by molar-refractivity contribution is 5.87. The van der Waals surface area contributed by atoms with E-state index in [9.17, 15) is 9.59 Å². The number of allylic oxidation sites excluding steroid dienone is 1. The third-order valence-corrected chi connectivity index (χ3v) is 6.88. The van der Waals surface area contributed by atoms with E-state index in [4.69, 9.17) is 13.9 Å². The van der Waals surface area contributed by atoms with Crippen LogP contribution in [0.1, 0.15) is 70.5 Å². The maximum Gasteiger partial charge on any atom is 0.333 e. The third kappa shape index (κ3) is 3.21. The van der Waals surface area contributed by atoms with Crippen molar-refractivity contribution in [2.24, 2.45) is 17.3 Å². The number of aryl methyl sites for hydroxylation is 1. The van der Waals surface area contributed by atoms with Crippen LogP contribution in [0.4, 0.5) is 0 Å². The normalized spacial score (nSPS) is 33.0. The Kier molecular flexibility index (Phi) is 5.24. The molecule has 0 saturated heterocycles. The van der Waals surface area contributed by atoms with Gasteiger partial charge in [0.2, 0.25) is 0 Å². The molecule has 0 N–H and O–H groups in total. The van der Waals surface area contributed by atoms with Gasteiger partial charge in [-0.3, -0.25) is 4.79 Å². The molecule has 0 spiro atoms. The topological polar surface area (TPSA) is 65.7 Å². The van der Waals surface area contributed by atoms with Gasteiger partial charge in [0.05, 0.1) is 6.26 Å². The van der Waals surface area contributed by atoms with Gasteiger partial charge < -0.3 is 13.9 Å². The SMILES string of the molecule is C/C=C(/C)C(=O)O[C@H]1CC[C@@H]2Cc3occ(C)c3[C@@H](OC(C)=O)[C@@]2(C)[C@H]1C. The van der Waals surface area contributed by atoms with Crippen molar-refractivity contribution < 1.29 is 23.5 Å². The van der Waals surface area contributed by atoms with Crippen molar-refractivity contribution in [2.45, 2.75) is 73.0 Å². The lowest BCUT2D eigenvalue weighted by Gasteiger charge is -2.54. The van der Waals surface area contributed by atoms with Crippen LogP contribution in [0.5, 0.6) is 0 Å². The minimum atomic E-state index is -0.387. The Morgan fingerprint density at radius 3 is 2.59 bits per heavy atom. The van der Waals surface area contributed by atoms with Crippen molar-refractivity contribution in [1.82, 2.24) is 0 Å². The molecule has 0 radical (unpaired) electrons. The molecule has 0 unspecified atom stereocenters. The first kappa shape index (κ1) is 19.7. The van der Waals surface area contributed by atoms with E-state index in [1.165, 1.54) is 6.92 Å². The van der Waals surface area contributed by atoms with E-state index < -0.39 is 0 Å². The molecule has 1 aromatic rings. The number of esters is 2. The van der Waals surface area contributed by atoms with Gasteiger partial charge in [0.25, 0.3) is 0 Å². The standard InChI is InChI=1S/C22H30O5/c1-7-12(2)21(24)27-17-9-8-16-10-18-19(13(3)11-25-18)20(26-15(5)23)22(16,6)14(17)4/h7,11,14,16-17,20H,8-10H2,1-6H3/b12-7-/t14-,16+,17-,20+,22-/m0/s1. The Bertz CT molecular complexity index is 774. The Hall–Kier alpha value is -2.04. The fraction of sp³-hybridized carbons (Fsp3) is 0.636. The van der Waals surface area contributed by atoms with Gasteiger partial charge in [0.15, 0.2) is 0 Å². The molecule has 5 atom stereocenters. The van der Waals surface area contributed by atoms with Gasteiger partial charge in [-0.15, -0.1) is 0 Å². The lowest BCUT2D eigenvalue weighted by Crippen LogP contribution is -2.53. The summed E-state index contributed by atoms with van der Waals surface area (Å²) < 4.78 is 17.5. The summed E-state index contributed by atoms with van der Waals surface area (Å²) in [6.07, 6.45) is 5.48. The Morgan fingerprint density at radius 1 is 1.26 bits per heavy atom. The maximum absolute atomic E-state index is 12.3. The molecule has 1 aromatic heterocycles. The Labute approximate surface area is 161 Å². The van der Waals surface area contributed by atoms with Gasteiger partial charge in [-0.25, -0.2) is 4.79 Å². The summed E-state index contributed by atoms with van der Waals surface area (Å²) in [6, 6.07) is 0. The van der Waals surface area contributed by atoms with Crippen LogP contribution < -0.4 is 0 Å². The number of ether oxygens (including phenoxy) is 2. The summed E-state index contributed by atoms with van der Waals surface area (Å²) >= 11 is 0. The van der Waals surface area contributed by atoms with Gasteiger partial charge in [0.1, 0.15) is 18.0 Å². The molecular formula is C22H30O5. The highest BCUT2D eigenvalue weighted by atomic mass is 16.6. The summed E-state index contributed by atoms with van der Waals surface area (Å²) in [5.41, 5.74) is 2.29. The molecule has 0 aromatic carbocycles. The van der Waals surface area contributed by atoms with Crippen LogP contribution >= 0.6 is 0 Å². The average molecular weight is 374 g/mol. The van der Waals surface area contributed by atoms with Crippen molar-refractivity contribution >= 4 is 11.9 Å². The largest absolute Gasteiger partial charge is 0.469 e. The predicted molar refractivity (Wildman–Crippen MR) is 101 cm³/mol. The number of furan rings is 1. The molecule has 27 heavy (non-hydrogen) atoms. The first-order chi connectivity index (χ1) is 12.7. The molecule has 2 aliphatic carbocycles. The van der Waals surface area contributed by atoms with Gasteiger partial charge in [-0.05, 0) is 45.1 Å². The number of fused-ring (bicyclic) bond motifs is 2. The zero-order chi connectivity index (χ0) is 19.9. The Morgan fingerprint density at radius 2 is 1.96 bits per heavy atom. The molecule has 0 amide bonds. The van der Waals surface area contributed by atoms with E-state index in [1.54, 1.807) is 19.3 Å². The van der Waals surface area contributed by atoms with Crippen LogP contribution in [0.3, 0.4) is 0 Å². The van der Waals surface area contributed by atoms with Crippen molar-refractivity contribution in [3.8, 4) is 0 Å². The molecule has 1 heterocycles. The highest BCUT2D eigenvalue weighted by Crippen LogP contribution is 2.60. The predicted octanol–water partition coefficient (Wildman–Crippen LogP) is 4.68. The van der Waals surface area contributed by atoms with E-state index in [2.05, 4.69) is 13.8 Å². The van der Waals surface area contributed by atoms with Crippen molar-refractivity contribution in [2.75, 3.05) is 0 Å². The van der Waals surface area contributed by atoms with Gasteiger partial charge >= 0.3 is 11.9 Å². The van der Waals surface area contributed by atoms with Gasteiger partial charge in [-0.2, -0.15) is 0 Å². The zero-order valence-electron chi connectivity index (χ0n) is 17.1. The number of carbonyl (C=O) groups excluding carboxylic acids is 2. The summed E-state index contributed by atoms with van der Waals surface area (Å²) in [7, 11) is 0. The molecule has 1 saturated carbocycles. The molecule has 0 aliphatic heterocycles. The van der Waals surface area contributed by atoms with E-state index in [0.29, 0.717) is 11.5 Å². The summed E-state index contributed by atoms with van der Waals surface area (Å²) in [4.78, 5) is 24.3. The molecule has 5 nitrogen and oxygen atoms in total. The Balaban J connectivity index is 1.98. The van der Waals surface area contributed by atoms with Gasteiger partial charge in [-0.1, -0.05) is 19.9 Å². The van der Waals surface area contributed by atoms with Gasteiger partial charge in [0, 0.05) is 35.8 Å². The summed E-state index contributed by atoms with van der Waals surface area (Å²) in [5, 5.41) is 0. The molecule has 2 aliphatic rings. The van der Waals surface area contributed by atoms with E-state index in [1.807, 2.05) is 13.8 Å². The number of hydrogen-bond acceptors (Lipinski definition) is 5. The average Bonchev–Trinajstić information content (AvgIpc) is 2.98. The van der Waals surface area contributed by atoms with Crippen LogP contribution in [-0.4, -0.2) is 18.0 Å². The lowest BCUT2D eigenvalue weighted by molar-refractivity contribution is -0.184. The van der Waals surface area contributed by atoms with Crippen LogP contribution in [0.15, 0.2) is 22.3 Å². The minimum absolute atomic E-state index is 0.0525. The van der Waals surface area contributed by atoms with Crippen LogP contribution in [0.25, 0.3) is 0 Å². The summed E-state index contributed by atoms with van der Waals surface area (Å²) in [6.45, 7) is 11.3. The second-order valence-corrected chi connectivity index (χ2v) is 8.29. The van der Waals surface area contributed by atoms with E-state index in [-0.39, 0.29) is 35.5 Å². The fourth-order valence-electron chi connectivity index (χ4n) is 4.89. The highest BCUT2D eigenvalue weighted by Gasteiger charge is 2.57. The second-order valence-electron chi connectivity index (χ2n) is 8.29. The monoisotopic (exact) mass is 374 g/mol.